The summed E-state index contributed by atoms with van der Waals surface area (Å²) in [5, 5.41) is 2.79. The number of rotatable bonds is 5. The van der Waals surface area contributed by atoms with Crippen LogP contribution in [0.1, 0.15) is 20.3 Å². The fourth-order valence-electron chi connectivity index (χ4n) is 1.44. The molecule has 0 aliphatic rings. The van der Waals surface area contributed by atoms with Gasteiger partial charge in [0.15, 0.2) is 0 Å². The van der Waals surface area contributed by atoms with Gasteiger partial charge in [0.2, 0.25) is 5.91 Å². The minimum Gasteiger partial charge on any atom is -0.497 e. The van der Waals surface area contributed by atoms with E-state index in [0.717, 1.165) is 6.42 Å². The molecule has 94 valence electrons. The van der Waals surface area contributed by atoms with E-state index < -0.39 is 6.04 Å². The Morgan fingerprint density at radius 1 is 1.53 bits per heavy atom. The van der Waals surface area contributed by atoms with Crippen LogP contribution in [0.3, 0.4) is 0 Å². The zero-order chi connectivity index (χ0) is 12.8. The molecule has 0 saturated heterocycles. The highest BCUT2D eigenvalue weighted by Gasteiger charge is 2.19. The molecule has 0 aliphatic carbocycles. The van der Waals surface area contributed by atoms with Crippen molar-refractivity contribution in [2.24, 2.45) is 11.7 Å². The van der Waals surface area contributed by atoms with Crippen LogP contribution in [0.4, 0.5) is 5.69 Å². The van der Waals surface area contributed by atoms with Crippen LogP contribution < -0.4 is 15.8 Å². The molecule has 0 aliphatic heterocycles. The second kappa shape index (κ2) is 6.25. The summed E-state index contributed by atoms with van der Waals surface area (Å²) < 4.78 is 5.08. The van der Waals surface area contributed by atoms with Gasteiger partial charge in [0.1, 0.15) is 5.75 Å². The van der Waals surface area contributed by atoms with Crippen LogP contribution in [0.2, 0.25) is 0 Å². The van der Waals surface area contributed by atoms with Crippen molar-refractivity contribution in [2.75, 3.05) is 12.4 Å². The first kappa shape index (κ1) is 13.5. The quantitative estimate of drug-likeness (QED) is 0.822. The standard InChI is InChI=1S/C13H20N2O2/c1-4-9(2)12(14)13(16)15-10-6-5-7-11(8-10)17-3/h5-9,12H,4,14H2,1-3H3,(H,15,16)/t9-,12-/m0/s1. The maximum Gasteiger partial charge on any atom is 0.241 e. The van der Waals surface area contributed by atoms with Crippen LogP contribution >= 0.6 is 0 Å². The molecule has 0 unspecified atom stereocenters. The Balaban J connectivity index is 2.67. The van der Waals surface area contributed by atoms with E-state index in [2.05, 4.69) is 5.32 Å². The first-order chi connectivity index (χ1) is 8.08. The second-order valence-electron chi connectivity index (χ2n) is 4.13. The van der Waals surface area contributed by atoms with E-state index >= 15 is 0 Å². The van der Waals surface area contributed by atoms with Crippen LogP contribution in [-0.2, 0) is 4.79 Å². The van der Waals surface area contributed by atoms with Crippen molar-refractivity contribution in [1.29, 1.82) is 0 Å². The van der Waals surface area contributed by atoms with Crippen LogP contribution in [0.5, 0.6) is 5.75 Å². The second-order valence-corrected chi connectivity index (χ2v) is 4.13. The summed E-state index contributed by atoms with van der Waals surface area (Å²) in [7, 11) is 1.59. The van der Waals surface area contributed by atoms with Crippen molar-refractivity contribution in [2.45, 2.75) is 26.3 Å². The molecule has 0 fully saturated rings. The summed E-state index contributed by atoms with van der Waals surface area (Å²) in [6.45, 7) is 3.99. The Morgan fingerprint density at radius 3 is 2.82 bits per heavy atom. The van der Waals surface area contributed by atoms with Gasteiger partial charge >= 0.3 is 0 Å². The number of methoxy groups -OCH3 is 1. The number of nitrogens with one attached hydrogen (secondary N) is 1. The molecule has 4 heteroatoms. The minimum atomic E-state index is -0.480. The third kappa shape index (κ3) is 3.75. The molecule has 3 N–H and O–H groups in total. The molecule has 0 aromatic heterocycles. The number of carbonyl (C=O) groups is 1. The van der Waals surface area contributed by atoms with Crippen LogP contribution in [0, 0.1) is 5.92 Å². The van der Waals surface area contributed by atoms with E-state index in [9.17, 15) is 4.79 Å². The summed E-state index contributed by atoms with van der Waals surface area (Å²) in [4.78, 5) is 11.8. The van der Waals surface area contributed by atoms with Crippen molar-refractivity contribution in [1.82, 2.24) is 0 Å². The Bertz CT molecular complexity index is 379. The van der Waals surface area contributed by atoms with Gasteiger partial charge in [-0.3, -0.25) is 4.79 Å². The molecular weight excluding hydrogens is 216 g/mol. The Kier molecular flexibility index (Phi) is 4.97. The van der Waals surface area contributed by atoms with Gasteiger partial charge in [0.05, 0.1) is 13.2 Å². The zero-order valence-corrected chi connectivity index (χ0v) is 10.6. The Hall–Kier alpha value is -1.55. The van der Waals surface area contributed by atoms with Gasteiger partial charge < -0.3 is 15.8 Å². The summed E-state index contributed by atoms with van der Waals surface area (Å²) >= 11 is 0. The lowest BCUT2D eigenvalue weighted by Gasteiger charge is -2.17. The normalized spacial score (nSPS) is 13.9. The summed E-state index contributed by atoms with van der Waals surface area (Å²) in [6.07, 6.45) is 0.882. The lowest BCUT2D eigenvalue weighted by Crippen LogP contribution is -2.40. The van der Waals surface area contributed by atoms with Crippen LogP contribution in [0.15, 0.2) is 24.3 Å². The molecule has 1 amide bonds. The van der Waals surface area contributed by atoms with Gasteiger partial charge in [0.25, 0.3) is 0 Å². The molecule has 0 heterocycles. The molecule has 0 spiro atoms. The van der Waals surface area contributed by atoms with Crippen molar-refractivity contribution in [3.8, 4) is 5.75 Å². The van der Waals surface area contributed by atoms with Crippen LogP contribution in [-0.4, -0.2) is 19.1 Å². The van der Waals surface area contributed by atoms with E-state index in [-0.39, 0.29) is 11.8 Å². The number of hydrogen-bond donors (Lipinski definition) is 2. The van der Waals surface area contributed by atoms with Gasteiger partial charge in [-0.1, -0.05) is 26.3 Å². The fourth-order valence-corrected chi connectivity index (χ4v) is 1.44. The average Bonchev–Trinajstić information content (AvgIpc) is 2.37. The first-order valence-corrected chi connectivity index (χ1v) is 5.79. The van der Waals surface area contributed by atoms with Gasteiger partial charge in [0, 0.05) is 11.8 Å². The fraction of sp³-hybridized carbons (Fsp3) is 0.462. The first-order valence-electron chi connectivity index (χ1n) is 5.79. The third-order valence-corrected chi connectivity index (χ3v) is 2.90. The topological polar surface area (TPSA) is 64.4 Å². The molecular formula is C13H20N2O2. The molecule has 0 bridgehead atoms. The largest absolute Gasteiger partial charge is 0.497 e. The summed E-state index contributed by atoms with van der Waals surface area (Å²) in [5.74, 6) is 0.716. The SMILES string of the molecule is CC[C@H](C)[C@H](N)C(=O)Nc1cccc(OC)c1. The average molecular weight is 236 g/mol. The number of carbonyl (C=O) groups excluding carboxylic acids is 1. The minimum absolute atomic E-state index is 0.160. The third-order valence-electron chi connectivity index (χ3n) is 2.90. The summed E-state index contributed by atoms with van der Waals surface area (Å²) in [5.41, 5.74) is 6.55. The Morgan fingerprint density at radius 2 is 2.24 bits per heavy atom. The van der Waals surface area contributed by atoms with Crippen molar-refractivity contribution in [3.05, 3.63) is 24.3 Å². The number of ether oxygens (including phenoxy) is 1. The van der Waals surface area contributed by atoms with E-state index in [0.29, 0.717) is 11.4 Å². The number of benzene rings is 1. The molecule has 1 rings (SSSR count). The van der Waals surface area contributed by atoms with Gasteiger partial charge in [-0.25, -0.2) is 0 Å². The highest BCUT2D eigenvalue weighted by atomic mass is 16.5. The predicted octanol–water partition coefficient (Wildman–Crippen LogP) is 2.01. The highest BCUT2D eigenvalue weighted by Crippen LogP contribution is 2.17. The van der Waals surface area contributed by atoms with Crippen molar-refractivity contribution < 1.29 is 9.53 Å². The molecule has 1 aromatic rings. The monoisotopic (exact) mass is 236 g/mol. The lowest BCUT2D eigenvalue weighted by molar-refractivity contribution is -0.118. The lowest BCUT2D eigenvalue weighted by atomic mass is 9.99. The smallest absolute Gasteiger partial charge is 0.241 e. The molecule has 2 atom stereocenters. The summed E-state index contributed by atoms with van der Waals surface area (Å²) in [6, 6.07) is 6.74. The zero-order valence-electron chi connectivity index (χ0n) is 10.6. The van der Waals surface area contributed by atoms with Crippen molar-refractivity contribution >= 4 is 11.6 Å². The van der Waals surface area contributed by atoms with Gasteiger partial charge in [-0.15, -0.1) is 0 Å². The number of amides is 1. The highest BCUT2D eigenvalue weighted by molar-refractivity contribution is 5.95. The number of hydrogen-bond acceptors (Lipinski definition) is 3. The van der Waals surface area contributed by atoms with E-state index in [1.54, 1.807) is 13.2 Å². The maximum atomic E-state index is 11.8. The number of nitrogens with two attached hydrogens (primary N) is 1. The van der Waals surface area contributed by atoms with Gasteiger partial charge in [-0.2, -0.15) is 0 Å². The van der Waals surface area contributed by atoms with Crippen molar-refractivity contribution in [3.63, 3.8) is 0 Å². The molecule has 1 aromatic carbocycles. The number of anilines is 1. The van der Waals surface area contributed by atoms with Crippen LogP contribution in [0.25, 0.3) is 0 Å². The molecule has 0 saturated carbocycles. The molecule has 4 nitrogen and oxygen atoms in total. The van der Waals surface area contributed by atoms with E-state index in [1.807, 2.05) is 32.0 Å². The molecule has 0 radical (unpaired) electrons. The van der Waals surface area contributed by atoms with E-state index in [1.165, 1.54) is 0 Å². The molecule has 17 heavy (non-hydrogen) atoms. The van der Waals surface area contributed by atoms with Gasteiger partial charge in [-0.05, 0) is 18.1 Å². The maximum absolute atomic E-state index is 11.8. The predicted molar refractivity (Wildman–Crippen MR) is 69.1 cm³/mol. The van der Waals surface area contributed by atoms with E-state index in [4.69, 9.17) is 10.5 Å². The Labute approximate surface area is 102 Å².